The molecule has 2 heterocycles. The van der Waals surface area contributed by atoms with Crippen molar-refractivity contribution in [3.05, 3.63) is 21.9 Å². The number of allylic oxidation sites excluding steroid dienone is 2. The van der Waals surface area contributed by atoms with E-state index < -0.39 is 10.8 Å². The molecule has 2 aliphatic carbocycles. The Bertz CT molecular complexity index is 879. The second-order valence-corrected chi connectivity index (χ2v) is 13.2. The molecule has 1 saturated heterocycles. The van der Waals surface area contributed by atoms with Crippen LogP contribution in [0.3, 0.4) is 0 Å². The van der Waals surface area contributed by atoms with Gasteiger partial charge in [0.25, 0.3) is 0 Å². The van der Waals surface area contributed by atoms with Gasteiger partial charge in [0.2, 0.25) is 0 Å². The average molecular weight is 480 g/mol. The van der Waals surface area contributed by atoms with Gasteiger partial charge in [0, 0.05) is 40.3 Å². The third-order valence-corrected chi connectivity index (χ3v) is 10.9. The molecule has 1 saturated carbocycles. The Hall–Kier alpha value is -0.690. The monoisotopic (exact) mass is 479 g/mol. The molecule has 172 valence electrons. The molecule has 3 nitrogen and oxygen atoms in total. The van der Waals surface area contributed by atoms with Crippen LogP contribution in [0.1, 0.15) is 80.9 Å². The summed E-state index contributed by atoms with van der Waals surface area (Å²) in [6.45, 7) is 2.35. The van der Waals surface area contributed by atoms with Gasteiger partial charge >= 0.3 is 0 Å². The second kappa shape index (κ2) is 11.0. The van der Waals surface area contributed by atoms with Crippen LogP contribution in [0.4, 0.5) is 5.69 Å². The lowest BCUT2D eigenvalue weighted by Crippen LogP contribution is -2.37. The maximum atomic E-state index is 11.8. The summed E-state index contributed by atoms with van der Waals surface area (Å²) in [7, 11) is 3.05. The normalized spacial score (nSPS) is 29.2. The molecule has 2 fully saturated rings. The Morgan fingerprint density at radius 2 is 1.94 bits per heavy atom. The summed E-state index contributed by atoms with van der Waals surface area (Å²) in [5.74, 6) is 3.05. The van der Waals surface area contributed by atoms with Gasteiger partial charge < -0.3 is 10.0 Å². The first-order chi connectivity index (χ1) is 15.0. The summed E-state index contributed by atoms with van der Waals surface area (Å²) in [5.41, 5.74) is 2.60. The lowest BCUT2D eigenvalue weighted by Gasteiger charge is -2.32. The highest BCUT2D eigenvalue weighted by Gasteiger charge is 2.26. The molecule has 1 aromatic rings. The van der Waals surface area contributed by atoms with E-state index in [0.717, 1.165) is 47.3 Å². The van der Waals surface area contributed by atoms with E-state index in [2.05, 4.69) is 36.4 Å². The Balaban J connectivity index is 1.62. The first-order valence-corrected chi connectivity index (χ1v) is 15.2. The van der Waals surface area contributed by atoms with Crippen LogP contribution >= 0.6 is 22.3 Å². The molecule has 0 bridgehead atoms. The van der Waals surface area contributed by atoms with Crippen LogP contribution in [-0.2, 0) is 10.8 Å². The molecular formula is C25H37NO2S3. The van der Waals surface area contributed by atoms with Gasteiger partial charge in [0.15, 0.2) is 0 Å². The summed E-state index contributed by atoms with van der Waals surface area (Å²) < 4.78 is 11.8. The highest BCUT2D eigenvalue weighted by molar-refractivity contribution is 7.97. The van der Waals surface area contributed by atoms with E-state index in [4.69, 9.17) is 0 Å². The molecule has 4 rings (SSSR count). The van der Waals surface area contributed by atoms with Gasteiger partial charge in [-0.3, -0.25) is 4.21 Å². The summed E-state index contributed by atoms with van der Waals surface area (Å²) >= 11 is 1.76. The molecule has 31 heavy (non-hydrogen) atoms. The largest absolute Gasteiger partial charge is 0.370 e. The minimum atomic E-state index is -0.652. The number of hydrogen-bond acceptors (Lipinski definition) is 3. The van der Waals surface area contributed by atoms with Crippen LogP contribution in [-0.4, -0.2) is 44.3 Å². The second-order valence-electron chi connectivity index (χ2n) is 9.57. The topological polar surface area (TPSA) is 40.5 Å². The van der Waals surface area contributed by atoms with Gasteiger partial charge in [-0.15, -0.1) is 22.3 Å². The van der Waals surface area contributed by atoms with Crippen molar-refractivity contribution in [3.8, 4) is 0 Å². The Morgan fingerprint density at radius 1 is 1.19 bits per heavy atom. The number of anilines is 1. The van der Waals surface area contributed by atoms with E-state index in [-0.39, 0.29) is 0 Å². The van der Waals surface area contributed by atoms with Gasteiger partial charge in [0.1, 0.15) is 5.05 Å². The van der Waals surface area contributed by atoms with Crippen LogP contribution < -0.4 is 4.90 Å². The van der Waals surface area contributed by atoms with Crippen LogP contribution in [0.2, 0.25) is 0 Å². The molecular weight excluding hydrogens is 442 g/mol. The van der Waals surface area contributed by atoms with E-state index in [1.807, 2.05) is 0 Å². The van der Waals surface area contributed by atoms with Crippen molar-refractivity contribution in [2.24, 2.45) is 11.8 Å². The zero-order valence-electron chi connectivity index (χ0n) is 19.0. The predicted molar refractivity (Wildman–Crippen MR) is 142 cm³/mol. The maximum absolute atomic E-state index is 11.8. The van der Waals surface area contributed by atoms with Crippen molar-refractivity contribution < 1.29 is 9.32 Å². The third-order valence-electron chi connectivity index (χ3n) is 7.23. The fourth-order valence-electron chi connectivity index (χ4n) is 5.02. The lowest BCUT2D eigenvalue weighted by molar-refractivity contribution is 0.349. The van der Waals surface area contributed by atoms with E-state index in [0.29, 0.717) is 17.0 Å². The fraction of sp³-hybridized carbons (Fsp3) is 0.680. The molecule has 0 spiro atoms. The minimum absolute atomic E-state index is 0.404. The average Bonchev–Trinajstić information content (AvgIpc) is 3.25. The summed E-state index contributed by atoms with van der Waals surface area (Å²) in [5, 5.41) is 13.9. The number of aliphatic hydroxyl groups excluding tert-OH is 1. The van der Waals surface area contributed by atoms with Gasteiger partial charge in [-0.25, -0.2) is 0 Å². The van der Waals surface area contributed by atoms with E-state index in [9.17, 15) is 9.32 Å². The fourth-order valence-corrected chi connectivity index (χ4v) is 8.47. The van der Waals surface area contributed by atoms with Crippen LogP contribution in [0.25, 0.3) is 5.57 Å². The van der Waals surface area contributed by atoms with E-state index >= 15 is 0 Å². The Morgan fingerprint density at radius 3 is 2.61 bits per heavy atom. The first kappa shape index (κ1) is 23.5. The summed E-state index contributed by atoms with van der Waals surface area (Å²) in [6, 6.07) is 2.71. The highest BCUT2D eigenvalue weighted by Crippen LogP contribution is 2.39. The van der Waals surface area contributed by atoms with Crippen molar-refractivity contribution in [1.29, 1.82) is 0 Å². The molecule has 1 aromatic heterocycles. The van der Waals surface area contributed by atoms with Gasteiger partial charge in [-0.05, 0) is 80.2 Å². The zero-order valence-corrected chi connectivity index (χ0v) is 21.4. The zero-order chi connectivity index (χ0) is 21.8. The summed E-state index contributed by atoms with van der Waals surface area (Å²) in [6.07, 6.45) is 14.3. The van der Waals surface area contributed by atoms with Crippen LogP contribution in [0.5, 0.6) is 0 Å². The predicted octanol–water partition coefficient (Wildman–Crippen LogP) is 6.45. The molecule has 0 amide bonds. The number of aliphatic hydroxyl groups is 1. The molecule has 0 atom stereocenters. The minimum Gasteiger partial charge on any atom is -0.370 e. The standard InChI is InChI=1S/C25H37NO2S3/c1-18-8-10-19(11-9-18)17-29-25(27)24-22(26(2)21-12-14-31(28)15-13-21)16-23(30-24)20-6-4-3-5-7-20/h6,16-19,21,27H,3-5,7-15H2,1-2H3. The highest BCUT2D eigenvalue weighted by atomic mass is 32.2. The molecule has 0 aromatic carbocycles. The number of hydrogen-bond donors (Lipinski definition) is 1. The summed E-state index contributed by atoms with van der Waals surface area (Å²) in [4.78, 5) is 4.68. The molecule has 6 heteroatoms. The van der Waals surface area contributed by atoms with Crippen LogP contribution in [0, 0.1) is 11.8 Å². The maximum Gasteiger partial charge on any atom is 0.145 e. The van der Waals surface area contributed by atoms with Gasteiger partial charge in [-0.1, -0.05) is 25.8 Å². The van der Waals surface area contributed by atoms with Crippen molar-refractivity contribution >= 4 is 54.8 Å². The quantitative estimate of drug-likeness (QED) is 0.493. The SMILES string of the molecule is CC1CCC(C=S=C(O)c2sc(C3=CCCCC3)cc2N(C)C2CCS(=O)CC2)CC1. The molecule has 1 aliphatic heterocycles. The molecule has 3 aliphatic rings. The van der Waals surface area contributed by atoms with Crippen molar-refractivity contribution in [1.82, 2.24) is 0 Å². The van der Waals surface area contributed by atoms with Gasteiger partial charge in [-0.2, -0.15) is 0 Å². The van der Waals surface area contributed by atoms with E-state index in [1.165, 1.54) is 66.3 Å². The molecule has 0 unspecified atom stereocenters. The van der Waals surface area contributed by atoms with Crippen molar-refractivity contribution in [2.75, 3.05) is 23.5 Å². The molecule has 0 radical (unpaired) electrons. The van der Waals surface area contributed by atoms with Crippen molar-refractivity contribution in [2.45, 2.75) is 77.2 Å². The lowest BCUT2D eigenvalue weighted by atomic mass is 9.84. The number of nitrogens with zero attached hydrogens (tertiary/aromatic N) is 1. The van der Waals surface area contributed by atoms with Crippen molar-refractivity contribution in [3.63, 3.8) is 0 Å². The van der Waals surface area contributed by atoms with Gasteiger partial charge in [0.05, 0.1) is 10.6 Å². The number of thiophene rings is 1. The third kappa shape index (κ3) is 6.01. The number of rotatable bonds is 5. The van der Waals surface area contributed by atoms with E-state index in [1.54, 1.807) is 11.3 Å². The Kier molecular flexibility index (Phi) is 8.29. The van der Waals surface area contributed by atoms with Crippen LogP contribution in [0.15, 0.2) is 12.1 Å². The first-order valence-electron chi connectivity index (χ1n) is 12.0. The molecule has 1 N–H and O–H groups in total. The Labute approximate surface area is 197 Å². The smallest absolute Gasteiger partial charge is 0.145 e.